The van der Waals surface area contributed by atoms with Crippen molar-refractivity contribution in [2.75, 3.05) is 7.05 Å². The third-order valence-corrected chi connectivity index (χ3v) is 5.68. The van der Waals surface area contributed by atoms with Gasteiger partial charge in [0.25, 0.3) is 5.91 Å². The van der Waals surface area contributed by atoms with Crippen LogP contribution in [0.2, 0.25) is 0 Å². The van der Waals surface area contributed by atoms with Crippen molar-refractivity contribution in [3.8, 4) is 11.8 Å². The van der Waals surface area contributed by atoms with Gasteiger partial charge in [-0.1, -0.05) is 24.1 Å². The van der Waals surface area contributed by atoms with Crippen LogP contribution >= 0.6 is 11.3 Å². The summed E-state index contributed by atoms with van der Waals surface area (Å²) in [4.78, 5) is 12.4. The van der Waals surface area contributed by atoms with Crippen molar-refractivity contribution >= 4 is 27.3 Å². The van der Waals surface area contributed by atoms with Crippen molar-refractivity contribution in [1.82, 2.24) is 10.0 Å². The van der Waals surface area contributed by atoms with Crippen LogP contribution in [-0.2, 0) is 21.4 Å². The summed E-state index contributed by atoms with van der Waals surface area (Å²) in [6, 6.07) is 12.4. The van der Waals surface area contributed by atoms with E-state index >= 15 is 0 Å². The van der Waals surface area contributed by atoms with E-state index in [2.05, 4.69) is 21.9 Å². The van der Waals surface area contributed by atoms with Crippen LogP contribution in [0.1, 0.15) is 10.4 Å². The van der Waals surface area contributed by atoms with Crippen molar-refractivity contribution in [1.29, 1.82) is 0 Å². The van der Waals surface area contributed by atoms with E-state index in [0.717, 1.165) is 21.8 Å². The van der Waals surface area contributed by atoms with Crippen LogP contribution in [0.3, 0.4) is 0 Å². The summed E-state index contributed by atoms with van der Waals surface area (Å²) in [5, 5.41) is 2.63. The molecule has 7 heteroatoms. The van der Waals surface area contributed by atoms with E-state index in [0.29, 0.717) is 0 Å². The summed E-state index contributed by atoms with van der Waals surface area (Å²) in [7, 11) is -2.08. The number of nitrogens with one attached hydrogen (secondary N) is 2. The molecule has 0 unspecified atom stereocenters. The Morgan fingerprint density at radius 2 is 1.91 bits per heavy atom. The minimum absolute atomic E-state index is 0.217. The molecule has 0 aliphatic rings. The summed E-state index contributed by atoms with van der Waals surface area (Å²) in [6.45, 7) is 0.242. The third-order valence-electron chi connectivity index (χ3n) is 2.69. The van der Waals surface area contributed by atoms with Crippen molar-refractivity contribution in [3.05, 3.63) is 52.9 Å². The average molecular weight is 334 g/mol. The van der Waals surface area contributed by atoms with Crippen molar-refractivity contribution in [3.63, 3.8) is 0 Å². The summed E-state index contributed by atoms with van der Waals surface area (Å²) >= 11 is 1.11. The second-order valence-corrected chi connectivity index (χ2v) is 7.51. The number of carbonyl (C=O) groups is 1. The Morgan fingerprint density at radius 3 is 2.59 bits per heavy atom. The zero-order chi connectivity index (χ0) is 16.0. The van der Waals surface area contributed by atoms with Gasteiger partial charge >= 0.3 is 0 Å². The quantitative estimate of drug-likeness (QED) is 0.828. The first-order valence-electron chi connectivity index (χ1n) is 6.38. The molecule has 1 aromatic heterocycles. The minimum atomic E-state index is -3.43. The summed E-state index contributed by atoms with van der Waals surface area (Å²) in [6.07, 6.45) is 0. The Hall–Kier alpha value is -2.14. The zero-order valence-corrected chi connectivity index (χ0v) is 13.4. The smallest absolute Gasteiger partial charge is 0.296 e. The molecular weight excluding hydrogens is 320 g/mol. The highest BCUT2D eigenvalue weighted by molar-refractivity contribution is 7.91. The number of hydrogen-bond acceptors (Lipinski definition) is 4. The van der Waals surface area contributed by atoms with Gasteiger partial charge in [-0.3, -0.25) is 4.79 Å². The highest BCUT2D eigenvalue weighted by Gasteiger charge is 2.14. The molecule has 1 amide bonds. The third kappa shape index (κ3) is 4.43. The van der Waals surface area contributed by atoms with Crippen LogP contribution < -0.4 is 10.0 Å². The molecule has 0 saturated heterocycles. The predicted molar refractivity (Wildman–Crippen MR) is 85.7 cm³/mol. The van der Waals surface area contributed by atoms with E-state index in [4.69, 9.17) is 0 Å². The molecular formula is C15H14N2O3S2. The number of rotatable bonds is 4. The van der Waals surface area contributed by atoms with Crippen LogP contribution in [0.25, 0.3) is 0 Å². The normalized spacial score (nSPS) is 10.6. The van der Waals surface area contributed by atoms with Crippen molar-refractivity contribution in [2.45, 2.75) is 10.8 Å². The highest BCUT2D eigenvalue weighted by atomic mass is 32.2. The minimum Gasteiger partial charge on any atom is -0.340 e. The topological polar surface area (TPSA) is 75.3 Å². The van der Waals surface area contributed by atoms with Gasteiger partial charge in [-0.25, -0.2) is 13.1 Å². The molecule has 2 N–H and O–H groups in total. The Balaban J connectivity index is 1.94. The molecule has 114 valence electrons. The van der Waals surface area contributed by atoms with Gasteiger partial charge in [0.1, 0.15) is 4.21 Å². The van der Waals surface area contributed by atoms with Crippen molar-refractivity contribution < 1.29 is 13.2 Å². The molecule has 0 fully saturated rings. The second kappa shape index (κ2) is 7.22. The first-order chi connectivity index (χ1) is 10.5. The highest BCUT2D eigenvalue weighted by Crippen LogP contribution is 2.20. The summed E-state index contributed by atoms with van der Waals surface area (Å²) < 4.78 is 25.7. The number of thiophene rings is 1. The fourth-order valence-electron chi connectivity index (χ4n) is 1.56. The van der Waals surface area contributed by atoms with E-state index < -0.39 is 15.9 Å². The lowest BCUT2D eigenvalue weighted by Gasteiger charge is -1.98. The summed E-state index contributed by atoms with van der Waals surface area (Å²) in [5.74, 6) is 4.84. The molecule has 0 atom stereocenters. The molecule has 22 heavy (non-hydrogen) atoms. The van der Waals surface area contributed by atoms with Crippen LogP contribution in [0, 0.1) is 11.8 Å². The molecule has 2 aromatic rings. The Bertz CT molecular complexity index is 815. The van der Waals surface area contributed by atoms with Gasteiger partial charge < -0.3 is 5.32 Å². The van der Waals surface area contributed by atoms with Gasteiger partial charge in [-0.2, -0.15) is 0 Å². The zero-order valence-electron chi connectivity index (χ0n) is 11.8. The lowest BCUT2D eigenvalue weighted by Crippen LogP contribution is -2.20. The monoisotopic (exact) mass is 334 g/mol. The first-order valence-corrected chi connectivity index (χ1v) is 8.68. The Morgan fingerprint density at radius 1 is 1.18 bits per heavy atom. The first kappa shape index (κ1) is 16.2. The second-order valence-electron chi connectivity index (χ2n) is 4.23. The molecule has 0 radical (unpaired) electrons. The molecule has 0 aliphatic heterocycles. The van der Waals surface area contributed by atoms with E-state index in [1.54, 1.807) is 6.07 Å². The standard InChI is InChI=1S/C15H14N2O3S2/c1-16-22(19,20)15-10-8-13(21-15)11-17-14(18)9-7-12-5-3-2-4-6-12/h2-6,8,10,16H,11H2,1H3,(H,17,18). The number of sulfonamides is 1. The van der Waals surface area contributed by atoms with Crippen molar-refractivity contribution in [2.24, 2.45) is 0 Å². The molecule has 1 heterocycles. The average Bonchev–Trinajstić information content (AvgIpc) is 3.02. The fraction of sp³-hybridized carbons (Fsp3) is 0.133. The number of amides is 1. The van der Waals surface area contributed by atoms with E-state index in [1.165, 1.54) is 13.1 Å². The van der Waals surface area contributed by atoms with Crippen LogP contribution in [0.5, 0.6) is 0 Å². The van der Waals surface area contributed by atoms with E-state index in [9.17, 15) is 13.2 Å². The lowest BCUT2D eigenvalue weighted by atomic mass is 10.2. The van der Waals surface area contributed by atoms with Gasteiger partial charge in [-0.15, -0.1) is 11.3 Å². The van der Waals surface area contributed by atoms with Crippen LogP contribution in [0.4, 0.5) is 0 Å². The number of hydrogen-bond donors (Lipinski definition) is 2. The molecule has 1 aromatic carbocycles. The molecule has 0 aliphatic carbocycles. The Kier molecular flexibility index (Phi) is 5.33. The molecule has 0 bridgehead atoms. The molecule has 2 rings (SSSR count). The maximum absolute atomic E-state index is 11.6. The molecule has 0 spiro atoms. The molecule has 0 saturated carbocycles. The largest absolute Gasteiger partial charge is 0.340 e. The van der Waals surface area contributed by atoms with Gasteiger partial charge in [0.15, 0.2) is 0 Å². The van der Waals surface area contributed by atoms with Gasteiger partial charge in [-0.05, 0) is 31.3 Å². The van der Waals surface area contributed by atoms with Gasteiger partial charge in [0.2, 0.25) is 10.0 Å². The van der Waals surface area contributed by atoms with Crippen LogP contribution in [0.15, 0.2) is 46.7 Å². The van der Waals surface area contributed by atoms with Gasteiger partial charge in [0.05, 0.1) is 6.54 Å². The lowest BCUT2D eigenvalue weighted by molar-refractivity contribution is -0.115. The van der Waals surface area contributed by atoms with E-state index in [1.807, 2.05) is 30.3 Å². The summed E-state index contributed by atoms with van der Waals surface area (Å²) in [5.41, 5.74) is 0.760. The fourth-order valence-corrected chi connectivity index (χ4v) is 3.69. The predicted octanol–water partition coefficient (Wildman–Crippen LogP) is 1.32. The number of carbonyl (C=O) groups excluding carboxylic acids is 1. The maximum atomic E-state index is 11.6. The van der Waals surface area contributed by atoms with E-state index in [-0.39, 0.29) is 10.8 Å². The SMILES string of the molecule is CNS(=O)(=O)c1ccc(CNC(=O)C#Cc2ccccc2)s1. The number of benzene rings is 1. The maximum Gasteiger partial charge on any atom is 0.296 e. The Labute approximate surface area is 133 Å². The van der Waals surface area contributed by atoms with Gasteiger partial charge in [0, 0.05) is 16.4 Å². The van der Waals surface area contributed by atoms with Crippen LogP contribution in [-0.4, -0.2) is 21.4 Å². The molecule has 5 nitrogen and oxygen atoms in total.